The fourth-order valence-corrected chi connectivity index (χ4v) is 0. The second-order valence-electron chi connectivity index (χ2n) is 0.685. The summed E-state index contributed by atoms with van der Waals surface area (Å²) in [6.45, 7) is 0. The average Bonchev–Trinajstić information content (AvgIpc) is 1.54. The Bertz CT molecular complexity index is 112. The molecule has 0 aromatic carbocycles. The van der Waals surface area contributed by atoms with Gasteiger partial charge in [0.15, 0.2) is 0 Å². The second kappa shape index (κ2) is 16.7. The van der Waals surface area contributed by atoms with E-state index in [4.69, 9.17) is 46.0 Å². The third kappa shape index (κ3) is 228. The van der Waals surface area contributed by atoms with Gasteiger partial charge in [-0.1, -0.05) is 0 Å². The van der Waals surface area contributed by atoms with E-state index in [1.54, 1.807) is 0 Å². The van der Waals surface area contributed by atoms with Gasteiger partial charge in [-0.05, 0) is 0 Å². The zero-order valence-electron chi connectivity index (χ0n) is 5.39. The van der Waals surface area contributed by atoms with E-state index in [-0.39, 0.29) is 20.1 Å². The van der Waals surface area contributed by atoms with Gasteiger partial charge in [-0.3, -0.25) is 0 Å². The van der Waals surface area contributed by atoms with Gasteiger partial charge in [-0.2, -0.15) is 0 Å². The van der Waals surface area contributed by atoms with E-state index in [0.717, 1.165) is 0 Å². The van der Waals surface area contributed by atoms with Crippen molar-refractivity contribution in [1.29, 1.82) is 0 Å². The van der Waals surface area contributed by atoms with Gasteiger partial charge < -0.3 is 35.9 Å². The zero-order chi connectivity index (χ0) is 10.7. The minimum Gasteiger partial charge on any atom is -0.356 e. The van der Waals surface area contributed by atoms with Crippen LogP contribution in [-0.2, 0) is 20.1 Å². The molecule has 0 saturated heterocycles. The topological polar surface area (TPSA) is 196 Å². The molecule has 0 aliphatic rings. The van der Waals surface area contributed by atoms with Crippen LogP contribution in [0.25, 0.3) is 0 Å². The van der Waals surface area contributed by atoms with E-state index in [2.05, 4.69) is 0 Å². The molecule has 13 heavy (non-hydrogen) atoms. The summed E-state index contributed by atoms with van der Waals surface area (Å²) in [7, 11) is 0. The first kappa shape index (κ1) is 22.5. The first-order valence-electron chi connectivity index (χ1n) is 1.66. The minimum absolute atomic E-state index is 0. The third-order valence-electron chi connectivity index (χ3n) is 0. The van der Waals surface area contributed by atoms with Gasteiger partial charge in [0, 0.05) is 20.1 Å². The van der Waals surface area contributed by atoms with E-state index in [9.17, 15) is 0 Å². The van der Waals surface area contributed by atoms with Crippen molar-refractivity contribution in [2.75, 3.05) is 0 Å². The molecule has 12 nitrogen and oxygen atoms in total. The molecule has 0 saturated carbocycles. The molecular weight excluding hydrogens is 378 g/mol. The number of nitrogens with zero attached hydrogens (tertiary/aromatic N) is 3. The molecule has 0 aromatic heterocycles. The van der Waals surface area contributed by atoms with Crippen LogP contribution in [0.1, 0.15) is 0 Å². The molecule has 0 fully saturated rings. The molecule has 0 unspecified atom stereocenters. The van der Waals surface area contributed by atoms with Crippen molar-refractivity contribution in [3.8, 4) is 0 Å². The van der Waals surface area contributed by atoms with E-state index in [1.165, 1.54) is 0 Å². The van der Waals surface area contributed by atoms with Crippen LogP contribution in [0.3, 0.4) is 0 Å². The van der Waals surface area contributed by atoms with Crippen molar-refractivity contribution in [3.05, 3.63) is 40.8 Å². The van der Waals surface area contributed by atoms with Crippen molar-refractivity contribution in [2.24, 2.45) is 0 Å². The smallest absolute Gasteiger partial charge is 0.291 e. The molecule has 1 N–H and O–H groups in total. The summed E-state index contributed by atoms with van der Waals surface area (Å²) in [5.41, 5.74) is 0. The summed E-state index contributed by atoms with van der Waals surface area (Å²) in [4.78, 5) is 24.9. The molecule has 0 aromatic rings. The van der Waals surface area contributed by atoms with Crippen LogP contribution in [0.4, 0.5) is 0 Å². The Balaban J connectivity index is -0.0000000450. The molecule has 0 aliphatic heterocycles. The standard InChI is InChI=1S/Ir.HNO3.2NO3/c;3*2-1(3)4/h;(H,2,3,4);;/q;;2*-1. The van der Waals surface area contributed by atoms with E-state index < -0.39 is 15.3 Å². The predicted octanol–water partition coefficient (Wildman–Crippen LogP) is -0.828. The summed E-state index contributed by atoms with van der Waals surface area (Å²) in [6, 6.07) is 0. The Labute approximate surface area is 82.1 Å². The summed E-state index contributed by atoms with van der Waals surface area (Å²) < 4.78 is 0. The monoisotopic (exact) mass is 380 g/mol. The van der Waals surface area contributed by atoms with E-state index in [1.807, 2.05) is 0 Å². The SMILES string of the molecule is O=[N+]([O-])O.O=[N+]([O-])[O-].O=[N+]([O-])[O-].[Ir]. The van der Waals surface area contributed by atoms with Gasteiger partial charge in [0.1, 0.15) is 0 Å². The maximum atomic E-state index is 8.36. The van der Waals surface area contributed by atoms with Gasteiger partial charge in [0.25, 0.3) is 5.09 Å². The Morgan fingerprint density at radius 2 is 0.769 bits per heavy atom. The van der Waals surface area contributed by atoms with E-state index in [0.29, 0.717) is 0 Å². The quantitative estimate of drug-likeness (QED) is 0.412. The van der Waals surface area contributed by atoms with Gasteiger partial charge in [-0.15, -0.1) is 10.1 Å². The second-order valence-corrected chi connectivity index (χ2v) is 0.685. The Kier molecular flexibility index (Phi) is 28.9. The van der Waals surface area contributed by atoms with Crippen LogP contribution in [0.15, 0.2) is 0 Å². The third-order valence-corrected chi connectivity index (χ3v) is 0. The minimum atomic E-state index is -1.75. The van der Waals surface area contributed by atoms with Crippen molar-refractivity contribution >= 4 is 0 Å². The van der Waals surface area contributed by atoms with Gasteiger partial charge in [0.2, 0.25) is 0 Å². The van der Waals surface area contributed by atoms with Crippen molar-refractivity contribution in [3.63, 3.8) is 0 Å². The van der Waals surface area contributed by atoms with Crippen molar-refractivity contribution in [2.45, 2.75) is 0 Å². The van der Waals surface area contributed by atoms with Crippen LogP contribution >= 0.6 is 0 Å². The van der Waals surface area contributed by atoms with Crippen LogP contribution in [-0.4, -0.2) is 20.5 Å². The van der Waals surface area contributed by atoms with Crippen molar-refractivity contribution < 1.29 is 40.6 Å². The molecule has 0 rings (SSSR count). The number of rotatable bonds is 0. The maximum absolute atomic E-state index is 8.36. The molecule has 1 radical (unpaired) electrons. The Morgan fingerprint density at radius 3 is 0.769 bits per heavy atom. The molecule has 13 heteroatoms. The summed E-state index contributed by atoms with van der Waals surface area (Å²) in [5.74, 6) is 0. The molecule has 0 atom stereocenters. The van der Waals surface area contributed by atoms with E-state index >= 15 is 0 Å². The zero-order valence-corrected chi connectivity index (χ0v) is 7.78. The van der Waals surface area contributed by atoms with Gasteiger partial charge in [0.05, 0.1) is 10.2 Å². The molecule has 0 heterocycles. The van der Waals surface area contributed by atoms with Crippen LogP contribution in [0.5, 0.6) is 0 Å². The molecule has 0 amide bonds. The molecule has 0 spiro atoms. The molecular formula is HIrN3O9-2. The van der Waals surface area contributed by atoms with Gasteiger partial charge in [-0.25, -0.2) is 0 Å². The normalized spacial score (nSPS) is 5.54. The van der Waals surface area contributed by atoms with Gasteiger partial charge >= 0.3 is 0 Å². The number of hydrogen-bond acceptors (Lipinski definition) is 8. The fourth-order valence-electron chi connectivity index (χ4n) is 0. The molecule has 0 bridgehead atoms. The van der Waals surface area contributed by atoms with Crippen molar-refractivity contribution in [1.82, 2.24) is 0 Å². The first-order chi connectivity index (χ1) is 5.20. The predicted molar refractivity (Wildman–Crippen MR) is 29.5 cm³/mol. The summed E-state index contributed by atoms with van der Waals surface area (Å²) >= 11 is 0. The largest absolute Gasteiger partial charge is 0.356 e. The Hall–Kier alpha value is -1.75. The van der Waals surface area contributed by atoms with Crippen LogP contribution < -0.4 is 0 Å². The van der Waals surface area contributed by atoms with Crippen LogP contribution in [0.2, 0.25) is 0 Å². The Morgan fingerprint density at radius 1 is 0.769 bits per heavy atom. The molecule has 81 valence electrons. The molecule has 0 aliphatic carbocycles. The van der Waals surface area contributed by atoms with Crippen LogP contribution in [0, 0.1) is 40.8 Å². The average molecular weight is 379 g/mol. The first-order valence-corrected chi connectivity index (χ1v) is 1.66. The summed E-state index contributed by atoms with van der Waals surface area (Å²) in [6.07, 6.45) is 0. The maximum Gasteiger partial charge on any atom is 0.291 e. The number of hydrogen-bond donors (Lipinski definition) is 1. The fraction of sp³-hybridized carbons (Fsp3) is 0. The summed E-state index contributed by atoms with van der Waals surface area (Å²) in [5, 5.41) is 43.1.